The Morgan fingerprint density at radius 3 is 2.62 bits per heavy atom. The van der Waals surface area contributed by atoms with Crippen molar-refractivity contribution in [2.45, 2.75) is 0 Å². The average Bonchev–Trinajstić information content (AvgIpc) is 2.54. The number of para-hydroxylation sites is 1. The number of nitrogens with zero attached hydrogens (tertiary/aromatic N) is 2. The zero-order valence-electron chi connectivity index (χ0n) is 11.3. The fourth-order valence-electron chi connectivity index (χ4n) is 2.55. The van der Waals surface area contributed by atoms with Crippen molar-refractivity contribution in [3.63, 3.8) is 0 Å². The third-order valence-electron chi connectivity index (χ3n) is 3.65. The lowest BCUT2D eigenvalue weighted by molar-refractivity contribution is 1.35. The molecule has 0 saturated carbocycles. The monoisotopic (exact) mass is 271 g/mol. The molecule has 21 heavy (non-hydrogen) atoms. The molecule has 2 aromatic heterocycles. The van der Waals surface area contributed by atoms with Gasteiger partial charge in [0.25, 0.3) is 0 Å². The van der Waals surface area contributed by atoms with Crippen LogP contribution in [-0.4, -0.2) is 9.97 Å². The van der Waals surface area contributed by atoms with Crippen LogP contribution in [0.2, 0.25) is 0 Å². The molecule has 0 fully saturated rings. The molecule has 4 aromatic rings. The molecular formula is C18H13N3. The maximum Gasteiger partial charge on any atom is 0.0730 e. The van der Waals surface area contributed by atoms with Gasteiger partial charge in [-0.3, -0.25) is 4.98 Å². The van der Waals surface area contributed by atoms with Crippen molar-refractivity contribution in [2.24, 2.45) is 0 Å². The van der Waals surface area contributed by atoms with Crippen LogP contribution in [0, 0.1) is 0 Å². The molecule has 0 spiro atoms. The van der Waals surface area contributed by atoms with Crippen molar-refractivity contribution < 1.29 is 0 Å². The summed E-state index contributed by atoms with van der Waals surface area (Å²) in [5.41, 5.74) is 10.5. The van der Waals surface area contributed by atoms with Crippen LogP contribution in [0.1, 0.15) is 0 Å². The van der Waals surface area contributed by atoms with Gasteiger partial charge in [0.2, 0.25) is 0 Å². The SMILES string of the molecule is Nc1cccc2nc(-c3cnc4ccccc4c3)ccc12. The van der Waals surface area contributed by atoms with Gasteiger partial charge in [0.05, 0.1) is 16.7 Å². The van der Waals surface area contributed by atoms with Gasteiger partial charge in [-0.2, -0.15) is 0 Å². The summed E-state index contributed by atoms with van der Waals surface area (Å²) < 4.78 is 0. The fourth-order valence-corrected chi connectivity index (χ4v) is 2.55. The number of pyridine rings is 2. The van der Waals surface area contributed by atoms with Crippen molar-refractivity contribution >= 4 is 27.5 Å². The first-order valence-electron chi connectivity index (χ1n) is 6.82. The van der Waals surface area contributed by atoms with E-state index in [0.717, 1.165) is 38.8 Å². The molecule has 2 heterocycles. The molecule has 3 heteroatoms. The molecule has 100 valence electrons. The van der Waals surface area contributed by atoms with Crippen LogP contribution in [0.3, 0.4) is 0 Å². The van der Waals surface area contributed by atoms with Crippen LogP contribution in [0.4, 0.5) is 5.69 Å². The highest BCUT2D eigenvalue weighted by Crippen LogP contribution is 2.25. The molecule has 2 aromatic carbocycles. The zero-order chi connectivity index (χ0) is 14.2. The highest BCUT2D eigenvalue weighted by atomic mass is 14.7. The van der Waals surface area contributed by atoms with Gasteiger partial charge in [0, 0.05) is 28.2 Å². The molecule has 0 atom stereocenters. The van der Waals surface area contributed by atoms with E-state index in [1.54, 1.807) is 0 Å². The van der Waals surface area contributed by atoms with Gasteiger partial charge in [0.1, 0.15) is 0 Å². The van der Waals surface area contributed by atoms with Crippen LogP contribution < -0.4 is 5.73 Å². The molecule has 0 bridgehead atoms. The van der Waals surface area contributed by atoms with E-state index in [4.69, 9.17) is 10.7 Å². The smallest absolute Gasteiger partial charge is 0.0730 e. The van der Waals surface area contributed by atoms with Gasteiger partial charge in [-0.05, 0) is 36.4 Å². The number of hydrogen-bond acceptors (Lipinski definition) is 3. The molecule has 0 saturated heterocycles. The molecule has 0 amide bonds. The molecule has 0 radical (unpaired) electrons. The lowest BCUT2D eigenvalue weighted by atomic mass is 10.1. The number of rotatable bonds is 1. The van der Waals surface area contributed by atoms with Crippen LogP contribution in [0.15, 0.2) is 66.9 Å². The molecule has 0 aliphatic heterocycles. The van der Waals surface area contributed by atoms with Crippen LogP contribution >= 0.6 is 0 Å². The van der Waals surface area contributed by atoms with Crippen molar-refractivity contribution in [1.29, 1.82) is 0 Å². The highest BCUT2D eigenvalue weighted by Gasteiger charge is 2.05. The van der Waals surface area contributed by atoms with E-state index in [9.17, 15) is 0 Å². The number of aromatic nitrogens is 2. The summed E-state index contributed by atoms with van der Waals surface area (Å²) in [6.45, 7) is 0. The quantitative estimate of drug-likeness (QED) is 0.532. The van der Waals surface area contributed by atoms with E-state index in [2.05, 4.69) is 17.1 Å². The summed E-state index contributed by atoms with van der Waals surface area (Å²) in [5.74, 6) is 0. The minimum atomic E-state index is 0.753. The summed E-state index contributed by atoms with van der Waals surface area (Å²) in [6, 6.07) is 20.0. The number of nitrogen functional groups attached to an aromatic ring is 1. The van der Waals surface area contributed by atoms with E-state index in [-0.39, 0.29) is 0 Å². The Labute approximate surface area is 122 Å². The maximum absolute atomic E-state index is 5.97. The predicted molar refractivity (Wildman–Crippen MR) is 86.9 cm³/mol. The molecule has 3 nitrogen and oxygen atoms in total. The minimum absolute atomic E-state index is 0.753. The Kier molecular flexibility index (Phi) is 2.57. The lowest BCUT2D eigenvalue weighted by Crippen LogP contribution is -1.91. The summed E-state index contributed by atoms with van der Waals surface area (Å²) in [4.78, 5) is 9.18. The summed E-state index contributed by atoms with van der Waals surface area (Å²) in [6.07, 6.45) is 1.86. The van der Waals surface area contributed by atoms with Crippen molar-refractivity contribution in [2.75, 3.05) is 5.73 Å². The van der Waals surface area contributed by atoms with Gasteiger partial charge in [-0.25, -0.2) is 4.98 Å². The first-order chi connectivity index (χ1) is 10.3. The van der Waals surface area contributed by atoms with Crippen LogP contribution in [0.5, 0.6) is 0 Å². The topological polar surface area (TPSA) is 51.8 Å². The Bertz CT molecular complexity index is 961. The number of fused-ring (bicyclic) bond motifs is 2. The van der Waals surface area contributed by atoms with Crippen LogP contribution in [0.25, 0.3) is 33.1 Å². The second-order valence-electron chi connectivity index (χ2n) is 5.03. The third-order valence-corrected chi connectivity index (χ3v) is 3.65. The van der Waals surface area contributed by atoms with Crippen molar-refractivity contribution in [1.82, 2.24) is 9.97 Å². The Morgan fingerprint density at radius 2 is 1.67 bits per heavy atom. The lowest BCUT2D eigenvalue weighted by Gasteiger charge is -2.06. The van der Waals surface area contributed by atoms with E-state index < -0.39 is 0 Å². The second kappa shape index (κ2) is 4.56. The number of hydrogen-bond donors (Lipinski definition) is 1. The fraction of sp³-hybridized carbons (Fsp3) is 0. The van der Waals surface area contributed by atoms with Gasteiger partial charge in [0.15, 0.2) is 0 Å². The van der Waals surface area contributed by atoms with Crippen molar-refractivity contribution in [3.8, 4) is 11.3 Å². The zero-order valence-corrected chi connectivity index (χ0v) is 11.3. The molecule has 0 aliphatic rings. The molecule has 0 unspecified atom stereocenters. The standard InChI is InChI=1S/C18H13N3/c19-15-5-3-7-18-14(15)8-9-17(21-18)13-10-12-4-1-2-6-16(12)20-11-13/h1-11H,19H2. The minimum Gasteiger partial charge on any atom is -0.398 e. The Morgan fingerprint density at radius 1 is 0.810 bits per heavy atom. The van der Waals surface area contributed by atoms with Gasteiger partial charge in [-0.15, -0.1) is 0 Å². The van der Waals surface area contributed by atoms with Gasteiger partial charge in [-0.1, -0.05) is 24.3 Å². The molecular weight excluding hydrogens is 258 g/mol. The van der Waals surface area contributed by atoms with Crippen molar-refractivity contribution in [3.05, 3.63) is 66.9 Å². The van der Waals surface area contributed by atoms with E-state index >= 15 is 0 Å². The van der Waals surface area contributed by atoms with E-state index in [0.29, 0.717) is 0 Å². The first kappa shape index (κ1) is 11.9. The second-order valence-corrected chi connectivity index (χ2v) is 5.03. The summed E-state index contributed by atoms with van der Waals surface area (Å²) in [5, 5.41) is 2.10. The first-order valence-corrected chi connectivity index (χ1v) is 6.82. The van der Waals surface area contributed by atoms with E-state index in [1.165, 1.54) is 0 Å². The summed E-state index contributed by atoms with van der Waals surface area (Å²) in [7, 11) is 0. The molecule has 0 aliphatic carbocycles. The number of nitrogens with two attached hydrogens (primary N) is 1. The number of benzene rings is 2. The predicted octanol–water partition coefficient (Wildman–Crippen LogP) is 4.03. The Hall–Kier alpha value is -2.94. The largest absolute Gasteiger partial charge is 0.398 e. The molecule has 4 rings (SSSR count). The highest BCUT2D eigenvalue weighted by molar-refractivity contribution is 5.92. The normalized spacial score (nSPS) is 11.0. The van der Waals surface area contributed by atoms with Gasteiger partial charge < -0.3 is 5.73 Å². The third kappa shape index (κ3) is 1.99. The maximum atomic E-state index is 5.97. The van der Waals surface area contributed by atoms with E-state index in [1.807, 2.05) is 54.7 Å². The van der Waals surface area contributed by atoms with Crippen LogP contribution in [-0.2, 0) is 0 Å². The number of anilines is 1. The van der Waals surface area contributed by atoms with Gasteiger partial charge >= 0.3 is 0 Å². The Balaban J connectivity index is 1.91. The average molecular weight is 271 g/mol. The molecule has 2 N–H and O–H groups in total. The summed E-state index contributed by atoms with van der Waals surface area (Å²) >= 11 is 0.